The molecule has 1 fully saturated rings. The van der Waals surface area contributed by atoms with E-state index in [0.717, 1.165) is 22.4 Å². The highest BCUT2D eigenvalue weighted by atomic mass is 35.5. The molecule has 1 aliphatic rings. The summed E-state index contributed by atoms with van der Waals surface area (Å²) in [7, 11) is 0. The molecule has 1 saturated carbocycles. The van der Waals surface area contributed by atoms with Gasteiger partial charge in [0.15, 0.2) is 0 Å². The first-order valence-electron chi connectivity index (χ1n) is 6.69. The fraction of sp³-hybridized carbons (Fsp3) is 0.600. The van der Waals surface area contributed by atoms with Crippen molar-refractivity contribution in [3.63, 3.8) is 0 Å². The summed E-state index contributed by atoms with van der Waals surface area (Å²) in [6, 6.07) is 5.57. The molecule has 1 aliphatic carbocycles. The van der Waals surface area contributed by atoms with Gasteiger partial charge in [-0.2, -0.15) is 0 Å². The molecule has 0 aliphatic heterocycles. The second-order valence-corrected chi connectivity index (χ2v) is 6.56. The predicted octanol–water partition coefficient (Wildman–Crippen LogP) is 5.07. The first-order chi connectivity index (χ1) is 8.49. The summed E-state index contributed by atoms with van der Waals surface area (Å²) in [5, 5.41) is 1.44. The third-order valence-corrected chi connectivity index (χ3v) is 5.04. The van der Waals surface area contributed by atoms with Crippen molar-refractivity contribution < 1.29 is 0 Å². The van der Waals surface area contributed by atoms with Gasteiger partial charge in [0.2, 0.25) is 0 Å². The first-order valence-corrected chi connectivity index (χ1v) is 7.45. The lowest BCUT2D eigenvalue weighted by Gasteiger charge is -2.35. The SMILES string of the molecule is CC1CCC(C(N)c2cc(Cl)ccc2Cl)CC1C. The monoisotopic (exact) mass is 285 g/mol. The highest BCUT2D eigenvalue weighted by Gasteiger charge is 2.29. The minimum atomic E-state index is 0.00569. The van der Waals surface area contributed by atoms with E-state index in [-0.39, 0.29) is 6.04 Å². The normalized spacial score (nSPS) is 30.2. The van der Waals surface area contributed by atoms with Crippen molar-refractivity contribution >= 4 is 23.2 Å². The Labute approximate surface area is 120 Å². The highest BCUT2D eigenvalue weighted by Crippen LogP contribution is 2.40. The van der Waals surface area contributed by atoms with Gasteiger partial charge < -0.3 is 5.73 Å². The molecule has 0 bridgehead atoms. The lowest BCUT2D eigenvalue weighted by atomic mass is 9.72. The highest BCUT2D eigenvalue weighted by molar-refractivity contribution is 6.33. The summed E-state index contributed by atoms with van der Waals surface area (Å²) in [5.74, 6) is 2.07. The van der Waals surface area contributed by atoms with E-state index >= 15 is 0 Å². The Hall–Kier alpha value is -0.240. The Morgan fingerprint density at radius 3 is 2.56 bits per heavy atom. The van der Waals surface area contributed by atoms with E-state index < -0.39 is 0 Å². The average molecular weight is 286 g/mol. The van der Waals surface area contributed by atoms with E-state index in [1.807, 2.05) is 18.2 Å². The quantitative estimate of drug-likeness (QED) is 0.807. The number of hydrogen-bond acceptors (Lipinski definition) is 1. The van der Waals surface area contributed by atoms with E-state index in [1.165, 1.54) is 19.3 Å². The summed E-state index contributed by atoms with van der Waals surface area (Å²) in [5.41, 5.74) is 7.40. The maximum absolute atomic E-state index is 6.40. The molecule has 4 atom stereocenters. The maximum Gasteiger partial charge on any atom is 0.0454 e. The minimum Gasteiger partial charge on any atom is -0.324 e. The molecule has 0 spiro atoms. The predicted molar refractivity (Wildman–Crippen MR) is 79.1 cm³/mol. The van der Waals surface area contributed by atoms with Crippen molar-refractivity contribution in [1.82, 2.24) is 0 Å². The van der Waals surface area contributed by atoms with E-state index in [0.29, 0.717) is 10.9 Å². The van der Waals surface area contributed by atoms with E-state index in [9.17, 15) is 0 Å². The Bertz CT molecular complexity index is 419. The van der Waals surface area contributed by atoms with Gasteiger partial charge in [-0.3, -0.25) is 0 Å². The lowest BCUT2D eigenvalue weighted by molar-refractivity contribution is 0.186. The zero-order valence-electron chi connectivity index (χ0n) is 11.0. The van der Waals surface area contributed by atoms with Crippen LogP contribution in [0.4, 0.5) is 0 Å². The van der Waals surface area contributed by atoms with E-state index in [1.54, 1.807) is 0 Å². The third kappa shape index (κ3) is 3.01. The fourth-order valence-electron chi connectivity index (χ4n) is 2.94. The summed E-state index contributed by atoms with van der Waals surface area (Å²) in [6.45, 7) is 4.65. The van der Waals surface area contributed by atoms with Crippen LogP contribution in [0, 0.1) is 17.8 Å². The molecule has 0 saturated heterocycles. The first kappa shape index (κ1) is 14.2. The van der Waals surface area contributed by atoms with Crippen molar-refractivity contribution in [2.75, 3.05) is 0 Å². The summed E-state index contributed by atoms with van der Waals surface area (Å²) in [6.07, 6.45) is 3.64. The van der Waals surface area contributed by atoms with Gasteiger partial charge in [0, 0.05) is 16.1 Å². The van der Waals surface area contributed by atoms with Gasteiger partial charge in [-0.15, -0.1) is 0 Å². The molecule has 1 aromatic carbocycles. The van der Waals surface area contributed by atoms with Gasteiger partial charge in [0.25, 0.3) is 0 Å². The van der Waals surface area contributed by atoms with Crippen LogP contribution in [0.2, 0.25) is 10.0 Å². The van der Waals surface area contributed by atoms with Gasteiger partial charge in [-0.1, -0.05) is 43.5 Å². The topological polar surface area (TPSA) is 26.0 Å². The van der Waals surface area contributed by atoms with Crippen molar-refractivity contribution in [2.45, 2.75) is 39.2 Å². The van der Waals surface area contributed by atoms with Crippen LogP contribution < -0.4 is 5.73 Å². The van der Waals surface area contributed by atoms with Gasteiger partial charge in [0.1, 0.15) is 0 Å². The molecular weight excluding hydrogens is 265 g/mol. The van der Waals surface area contributed by atoms with Crippen LogP contribution in [0.5, 0.6) is 0 Å². The van der Waals surface area contributed by atoms with Crippen LogP contribution in [0.3, 0.4) is 0 Å². The smallest absolute Gasteiger partial charge is 0.0454 e. The Morgan fingerprint density at radius 2 is 1.89 bits per heavy atom. The zero-order valence-corrected chi connectivity index (χ0v) is 12.5. The van der Waals surface area contributed by atoms with Crippen molar-refractivity contribution in [3.8, 4) is 0 Å². The lowest BCUT2D eigenvalue weighted by Crippen LogP contribution is -2.29. The van der Waals surface area contributed by atoms with Crippen molar-refractivity contribution in [2.24, 2.45) is 23.5 Å². The van der Waals surface area contributed by atoms with Crippen LogP contribution >= 0.6 is 23.2 Å². The molecule has 3 heteroatoms. The van der Waals surface area contributed by atoms with Crippen LogP contribution in [0.15, 0.2) is 18.2 Å². The summed E-state index contributed by atoms with van der Waals surface area (Å²) < 4.78 is 0. The summed E-state index contributed by atoms with van der Waals surface area (Å²) >= 11 is 12.3. The van der Waals surface area contributed by atoms with Gasteiger partial charge in [-0.25, -0.2) is 0 Å². The summed E-state index contributed by atoms with van der Waals surface area (Å²) in [4.78, 5) is 0. The molecular formula is C15H21Cl2N. The van der Waals surface area contributed by atoms with E-state index in [2.05, 4.69) is 13.8 Å². The largest absolute Gasteiger partial charge is 0.324 e. The Morgan fingerprint density at radius 1 is 1.17 bits per heavy atom. The Kier molecular flexibility index (Phi) is 4.58. The van der Waals surface area contributed by atoms with Crippen LogP contribution in [0.25, 0.3) is 0 Å². The van der Waals surface area contributed by atoms with Gasteiger partial charge >= 0.3 is 0 Å². The minimum absolute atomic E-state index is 0.00569. The maximum atomic E-state index is 6.40. The van der Waals surface area contributed by atoms with Crippen molar-refractivity contribution in [3.05, 3.63) is 33.8 Å². The standard InChI is InChI=1S/C15H21Cl2N/c1-9-3-4-11(7-10(9)2)15(18)13-8-12(16)5-6-14(13)17/h5-6,8-11,15H,3-4,7,18H2,1-2H3. The Balaban J connectivity index is 2.16. The molecule has 2 rings (SSSR count). The molecule has 18 heavy (non-hydrogen) atoms. The average Bonchev–Trinajstić information content (AvgIpc) is 2.35. The molecule has 0 aromatic heterocycles. The second kappa shape index (κ2) is 5.81. The number of hydrogen-bond donors (Lipinski definition) is 1. The second-order valence-electron chi connectivity index (χ2n) is 5.72. The zero-order chi connectivity index (χ0) is 13.3. The van der Waals surface area contributed by atoms with Gasteiger partial charge in [-0.05, 0) is 54.4 Å². The fourth-order valence-corrected chi connectivity index (χ4v) is 3.36. The van der Waals surface area contributed by atoms with Crippen molar-refractivity contribution in [1.29, 1.82) is 0 Å². The molecule has 0 amide bonds. The number of halogens is 2. The number of nitrogens with two attached hydrogens (primary N) is 1. The third-order valence-electron chi connectivity index (χ3n) is 4.46. The van der Waals surface area contributed by atoms with Crippen LogP contribution in [0.1, 0.15) is 44.7 Å². The number of benzene rings is 1. The molecule has 1 nitrogen and oxygen atoms in total. The molecule has 1 aromatic rings. The molecule has 0 radical (unpaired) electrons. The number of rotatable bonds is 2. The molecule has 4 unspecified atom stereocenters. The van der Waals surface area contributed by atoms with Crippen LogP contribution in [-0.4, -0.2) is 0 Å². The molecule has 100 valence electrons. The van der Waals surface area contributed by atoms with E-state index in [4.69, 9.17) is 28.9 Å². The molecule has 2 N–H and O–H groups in total. The van der Waals surface area contributed by atoms with Gasteiger partial charge in [0.05, 0.1) is 0 Å². The van der Waals surface area contributed by atoms with Crippen LogP contribution in [-0.2, 0) is 0 Å². The molecule has 0 heterocycles.